The van der Waals surface area contributed by atoms with Crippen molar-refractivity contribution in [2.24, 2.45) is 0 Å². The van der Waals surface area contributed by atoms with E-state index < -0.39 is 21.5 Å². The van der Waals surface area contributed by atoms with Crippen molar-refractivity contribution in [1.82, 2.24) is 9.80 Å². The van der Waals surface area contributed by atoms with Crippen molar-refractivity contribution in [1.29, 1.82) is 0 Å². The third-order valence-electron chi connectivity index (χ3n) is 4.87. The molecule has 8 heteroatoms. The second kappa shape index (κ2) is 7.03. The molecule has 1 aromatic rings. The second-order valence-electron chi connectivity index (χ2n) is 6.45. The molecule has 2 saturated heterocycles. The lowest BCUT2D eigenvalue weighted by Crippen LogP contribution is -2.59. The Balaban J connectivity index is 1.79. The molecule has 24 heavy (non-hydrogen) atoms. The van der Waals surface area contributed by atoms with E-state index in [1.165, 1.54) is 6.07 Å². The van der Waals surface area contributed by atoms with Crippen molar-refractivity contribution < 1.29 is 21.9 Å². The van der Waals surface area contributed by atoms with Gasteiger partial charge in [-0.15, -0.1) is 0 Å². The van der Waals surface area contributed by atoms with E-state index in [4.69, 9.17) is 4.74 Å². The van der Waals surface area contributed by atoms with E-state index in [0.717, 1.165) is 12.1 Å². The third-order valence-corrected chi connectivity index (χ3v) is 6.57. The van der Waals surface area contributed by atoms with Gasteiger partial charge >= 0.3 is 0 Å². The van der Waals surface area contributed by atoms with Crippen LogP contribution in [-0.4, -0.2) is 75.2 Å². The van der Waals surface area contributed by atoms with Crippen molar-refractivity contribution >= 4 is 9.84 Å². The number of ether oxygens (including phenoxy) is 1. The Morgan fingerprint density at radius 2 is 1.83 bits per heavy atom. The summed E-state index contributed by atoms with van der Waals surface area (Å²) < 4.78 is 56.6. The van der Waals surface area contributed by atoms with Crippen molar-refractivity contribution in [3.8, 4) is 0 Å². The smallest absolute Gasteiger partial charge is 0.153 e. The highest BCUT2D eigenvalue weighted by molar-refractivity contribution is 7.91. The van der Waals surface area contributed by atoms with Crippen LogP contribution in [0.4, 0.5) is 8.78 Å². The summed E-state index contributed by atoms with van der Waals surface area (Å²) in [7, 11) is -1.51. The molecule has 2 heterocycles. The molecule has 0 aliphatic carbocycles. The first kappa shape index (κ1) is 17.7. The topological polar surface area (TPSA) is 49.9 Å². The van der Waals surface area contributed by atoms with Gasteiger partial charge in [0.15, 0.2) is 9.84 Å². The number of benzene rings is 1. The minimum Gasteiger partial charge on any atom is -0.383 e. The second-order valence-corrected chi connectivity index (χ2v) is 8.60. The van der Waals surface area contributed by atoms with Gasteiger partial charge in [-0.25, -0.2) is 17.2 Å². The number of methoxy groups -OCH3 is 1. The molecule has 0 aromatic heterocycles. The van der Waals surface area contributed by atoms with Crippen LogP contribution in [0.3, 0.4) is 0 Å². The highest BCUT2D eigenvalue weighted by atomic mass is 32.2. The monoisotopic (exact) mass is 360 g/mol. The summed E-state index contributed by atoms with van der Waals surface area (Å²) in [6.07, 6.45) is 0. The molecule has 134 valence electrons. The molecule has 0 spiro atoms. The zero-order valence-corrected chi connectivity index (χ0v) is 14.4. The normalized spacial score (nSPS) is 27.3. The lowest BCUT2D eigenvalue weighted by atomic mass is 10.0. The van der Waals surface area contributed by atoms with Gasteiger partial charge in [-0.05, 0) is 18.2 Å². The van der Waals surface area contributed by atoms with Gasteiger partial charge in [-0.3, -0.25) is 9.80 Å². The van der Waals surface area contributed by atoms with Gasteiger partial charge in [0.25, 0.3) is 0 Å². The Bertz CT molecular complexity index is 699. The molecule has 2 aliphatic heterocycles. The van der Waals surface area contributed by atoms with E-state index in [1.54, 1.807) is 7.11 Å². The summed E-state index contributed by atoms with van der Waals surface area (Å²) in [6, 6.07) is 3.08. The molecular formula is C16H22F2N2O3S. The molecule has 2 atom stereocenters. The van der Waals surface area contributed by atoms with E-state index in [9.17, 15) is 17.2 Å². The van der Waals surface area contributed by atoms with E-state index >= 15 is 0 Å². The maximum atomic E-state index is 13.9. The van der Waals surface area contributed by atoms with Crippen LogP contribution in [0.1, 0.15) is 5.56 Å². The number of piperazine rings is 1. The number of hydrogen-bond acceptors (Lipinski definition) is 5. The van der Waals surface area contributed by atoms with Crippen LogP contribution in [0, 0.1) is 11.6 Å². The van der Waals surface area contributed by atoms with Crippen LogP contribution in [0.5, 0.6) is 0 Å². The fourth-order valence-corrected chi connectivity index (χ4v) is 5.71. The highest BCUT2D eigenvalue weighted by Gasteiger charge is 2.46. The fraction of sp³-hybridized carbons (Fsp3) is 0.625. The van der Waals surface area contributed by atoms with Crippen molar-refractivity contribution in [3.63, 3.8) is 0 Å². The Labute approximate surface area is 141 Å². The molecule has 0 unspecified atom stereocenters. The number of sulfone groups is 1. The highest BCUT2D eigenvalue weighted by Crippen LogP contribution is 2.28. The average Bonchev–Trinajstić information content (AvgIpc) is 2.85. The number of hydrogen-bond donors (Lipinski definition) is 0. The van der Waals surface area contributed by atoms with Crippen LogP contribution in [-0.2, 0) is 21.1 Å². The summed E-state index contributed by atoms with van der Waals surface area (Å²) in [5.74, 6) is -0.766. The summed E-state index contributed by atoms with van der Waals surface area (Å²) in [6.45, 7) is 2.75. The molecule has 2 fully saturated rings. The zero-order valence-electron chi connectivity index (χ0n) is 13.6. The van der Waals surface area contributed by atoms with Gasteiger partial charge in [0.2, 0.25) is 0 Å². The first-order valence-corrected chi connectivity index (χ1v) is 9.83. The first-order valence-electron chi connectivity index (χ1n) is 8.01. The minimum atomic E-state index is -3.12. The Hall–Kier alpha value is -1.09. The summed E-state index contributed by atoms with van der Waals surface area (Å²) in [5.41, 5.74) is 0.267. The van der Waals surface area contributed by atoms with Crippen LogP contribution < -0.4 is 0 Å². The zero-order chi connectivity index (χ0) is 17.3. The number of fused-ring (bicyclic) bond motifs is 1. The molecule has 5 nitrogen and oxygen atoms in total. The van der Waals surface area contributed by atoms with Gasteiger partial charge in [-0.2, -0.15) is 0 Å². The summed E-state index contributed by atoms with van der Waals surface area (Å²) in [4.78, 5) is 4.10. The molecule has 0 radical (unpaired) electrons. The minimum absolute atomic E-state index is 0.0675. The molecule has 0 saturated carbocycles. The van der Waals surface area contributed by atoms with Gasteiger partial charge < -0.3 is 4.74 Å². The molecule has 0 N–H and O–H groups in total. The number of rotatable bonds is 5. The van der Waals surface area contributed by atoms with Crippen LogP contribution in [0.25, 0.3) is 0 Å². The van der Waals surface area contributed by atoms with Crippen molar-refractivity contribution in [3.05, 3.63) is 35.4 Å². The summed E-state index contributed by atoms with van der Waals surface area (Å²) >= 11 is 0. The van der Waals surface area contributed by atoms with Crippen molar-refractivity contribution in [2.75, 3.05) is 44.9 Å². The van der Waals surface area contributed by atoms with Crippen LogP contribution in [0.15, 0.2) is 18.2 Å². The van der Waals surface area contributed by atoms with Crippen LogP contribution in [0.2, 0.25) is 0 Å². The van der Waals surface area contributed by atoms with Gasteiger partial charge in [0.05, 0.1) is 18.1 Å². The van der Waals surface area contributed by atoms with Gasteiger partial charge in [0, 0.05) is 50.9 Å². The molecule has 0 amide bonds. The maximum Gasteiger partial charge on any atom is 0.153 e. The number of halogens is 2. The predicted molar refractivity (Wildman–Crippen MR) is 86.4 cm³/mol. The van der Waals surface area contributed by atoms with Crippen molar-refractivity contribution in [2.45, 2.75) is 18.6 Å². The largest absolute Gasteiger partial charge is 0.383 e. The number of nitrogens with zero attached hydrogens (tertiary/aromatic N) is 2. The summed E-state index contributed by atoms with van der Waals surface area (Å²) in [5, 5.41) is 0. The maximum absolute atomic E-state index is 13.9. The standard InChI is InChI=1S/C16H22F2N2O3S/c1-23-7-6-19-4-5-20(16-11-24(21,22)10-15(16)19)9-12-8-13(17)2-3-14(12)18/h2-3,8,15-16H,4-7,9-11H2,1H3/t15-,16+/m0/s1. The first-order chi connectivity index (χ1) is 11.4. The molecular weight excluding hydrogens is 338 g/mol. The van der Waals surface area contributed by atoms with E-state index in [0.29, 0.717) is 26.2 Å². The Morgan fingerprint density at radius 3 is 2.54 bits per heavy atom. The Kier molecular flexibility index (Phi) is 5.19. The predicted octanol–water partition coefficient (Wildman–Crippen LogP) is 0.894. The van der Waals surface area contributed by atoms with Gasteiger partial charge in [-0.1, -0.05) is 0 Å². The van der Waals surface area contributed by atoms with E-state index in [1.807, 2.05) is 4.90 Å². The quantitative estimate of drug-likeness (QED) is 0.781. The third kappa shape index (κ3) is 3.77. The lowest BCUT2D eigenvalue weighted by Gasteiger charge is -2.44. The van der Waals surface area contributed by atoms with E-state index in [2.05, 4.69) is 4.90 Å². The molecule has 1 aromatic carbocycles. The SMILES string of the molecule is COCCN1CCN(Cc2cc(F)ccc2F)[C@@H]2CS(=O)(=O)C[C@@H]21. The molecule has 2 aliphatic rings. The van der Waals surface area contributed by atoms with Gasteiger partial charge in [0.1, 0.15) is 11.6 Å². The fourth-order valence-electron chi connectivity index (χ4n) is 3.66. The molecule has 0 bridgehead atoms. The Morgan fingerprint density at radius 1 is 1.17 bits per heavy atom. The van der Waals surface area contributed by atoms with Crippen LogP contribution >= 0.6 is 0 Å². The molecule has 3 rings (SSSR count). The lowest BCUT2D eigenvalue weighted by molar-refractivity contribution is 0.0247. The van der Waals surface area contributed by atoms with E-state index in [-0.39, 0.29) is 35.7 Å². The average molecular weight is 360 g/mol.